The normalized spacial score (nSPS) is 31.2. The van der Waals surface area contributed by atoms with Crippen LogP contribution in [-0.4, -0.2) is 105 Å². The topological polar surface area (TPSA) is 184 Å². The fourth-order valence-corrected chi connectivity index (χ4v) is 6.31. The van der Waals surface area contributed by atoms with E-state index >= 15 is 0 Å². The Balaban J connectivity index is 1.92. The summed E-state index contributed by atoms with van der Waals surface area (Å²) in [4.78, 5) is 36.7. The van der Waals surface area contributed by atoms with Crippen molar-refractivity contribution in [2.75, 3.05) is 19.8 Å². The molecule has 0 aromatic carbocycles. The van der Waals surface area contributed by atoms with Crippen LogP contribution < -0.4 is 5.32 Å². The van der Waals surface area contributed by atoms with E-state index in [9.17, 15) is 34.4 Å². The number of hydrogen-bond acceptors (Lipinski definition) is 10. The zero-order valence-electron chi connectivity index (χ0n) is 24.7. The van der Waals surface area contributed by atoms with E-state index in [2.05, 4.69) is 26.1 Å². The molecule has 0 saturated carbocycles. The molecule has 2 aliphatic rings. The van der Waals surface area contributed by atoms with E-state index < -0.39 is 62.7 Å². The van der Waals surface area contributed by atoms with Gasteiger partial charge in [0.25, 0.3) is 0 Å². The first kappa shape index (κ1) is 35.0. The molecule has 0 aromatic heterocycles. The summed E-state index contributed by atoms with van der Waals surface area (Å²) in [5, 5.41) is 32.4. The third-order valence-corrected chi connectivity index (χ3v) is 7.88. The van der Waals surface area contributed by atoms with Gasteiger partial charge in [-0.15, -0.1) is 0 Å². The van der Waals surface area contributed by atoms with E-state index in [4.69, 9.17) is 18.5 Å². The molecule has 2 amide bonds. The largest absolute Gasteiger partial charge is 0.473 e. The second-order valence-electron chi connectivity index (χ2n) is 12.9. The van der Waals surface area contributed by atoms with Gasteiger partial charge in [0.15, 0.2) is 6.29 Å². The highest BCUT2D eigenvalue weighted by Crippen LogP contribution is 2.50. The van der Waals surface area contributed by atoms with Gasteiger partial charge in [0.05, 0.1) is 18.3 Å². The number of ether oxygens (including phenoxy) is 2. The molecule has 0 spiro atoms. The van der Waals surface area contributed by atoms with Crippen molar-refractivity contribution >= 4 is 19.6 Å². The first-order chi connectivity index (χ1) is 18.3. The number of phosphoric acid groups is 1. The summed E-state index contributed by atoms with van der Waals surface area (Å²) in [6, 6.07) is -1.18. The highest BCUT2D eigenvalue weighted by molar-refractivity contribution is 7.47. The lowest BCUT2D eigenvalue weighted by molar-refractivity contribution is -0.270. The SMILES string of the molecule is CC(=O)N[C@H]1[C@H](OCCCCC(=O)N2C[C@H](OP(=O)(O)OC(C)(C)C)C[C@H]2CC(C)(C)C)O[C@H](CO)[C@H](O)[C@@H]1O. The van der Waals surface area contributed by atoms with Crippen LogP contribution in [0.25, 0.3) is 0 Å². The maximum atomic E-state index is 13.2. The van der Waals surface area contributed by atoms with Crippen molar-refractivity contribution < 1.29 is 52.9 Å². The molecular formula is C26H49N2O11P. The molecule has 13 nitrogen and oxygen atoms in total. The standard InChI is InChI=1S/C26H49N2O11P/c1-16(30)27-21-23(33)22(32)19(15-29)37-24(21)36-11-9-8-10-20(31)28-14-18(12-17(28)13-25(2,3)4)38-40(34,35)39-26(5,6)7/h17-19,21-24,29,32-33H,8-15H2,1-7H3,(H,27,30)(H,34,35)/t17-,18+,19+,21+,22-,23+,24+/m0/s1. The molecular weight excluding hydrogens is 547 g/mol. The van der Waals surface area contributed by atoms with Crippen molar-refractivity contribution in [3.8, 4) is 0 Å². The Morgan fingerprint density at radius 3 is 2.30 bits per heavy atom. The summed E-state index contributed by atoms with van der Waals surface area (Å²) < 4.78 is 34.4. The lowest BCUT2D eigenvalue weighted by atomic mass is 9.87. The predicted molar refractivity (Wildman–Crippen MR) is 145 cm³/mol. The van der Waals surface area contributed by atoms with Crippen LogP contribution in [0.15, 0.2) is 0 Å². The van der Waals surface area contributed by atoms with Gasteiger partial charge in [0.2, 0.25) is 11.8 Å². The zero-order chi connectivity index (χ0) is 30.5. The van der Waals surface area contributed by atoms with Crippen LogP contribution in [0.4, 0.5) is 0 Å². The minimum atomic E-state index is -4.31. The summed E-state index contributed by atoms with van der Waals surface area (Å²) in [6.07, 6.45) is -3.31. The van der Waals surface area contributed by atoms with Crippen LogP contribution in [0.2, 0.25) is 0 Å². The average Bonchev–Trinajstić information content (AvgIpc) is 3.15. The third-order valence-electron chi connectivity index (χ3n) is 6.53. The molecule has 8 atom stereocenters. The van der Waals surface area contributed by atoms with Crippen LogP contribution in [0.3, 0.4) is 0 Å². The Morgan fingerprint density at radius 2 is 1.75 bits per heavy atom. The third kappa shape index (κ3) is 11.3. The number of carbonyl (C=O) groups is 2. The van der Waals surface area contributed by atoms with Gasteiger partial charge in [-0.2, -0.15) is 0 Å². The average molecular weight is 597 g/mol. The highest BCUT2D eigenvalue weighted by Gasteiger charge is 2.45. The van der Waals surface area contributed by atoms with E-state index in [0.717, 1.165) is 0 Å². The number of amides is 2. The fourth-order valence-electron chi connectivity index (χ4n) is 5.05. The molecule has 2 heterocycles. The van der Waals surface area contributed by atoms with Crippen molar-refractivity contribution in [1.82, 2.24) is 10.2 Å². The van der Waals surface area contributed by atoms with Gasteiger partial charge in [-0.25, -0.2) is 4.57 Å². The van der Waals surface area contributed by atoms with E-state index in [1.807, 2.05) is 0 Å². The van der Waals surface area contributed by atoms with Crippen LogP contribution in [0.1, 0.15) is 80.6 Å². The first-order valence-electron chi connectivity index (χ1n) is 13.8. The Morgan fingerprint density at radius 1 is 1.10 bits per heavy atom. The maximum absolute atomic E-state index is 13.2. The Hall–Kier alpha value is -1.15. The Bertz CT molecular complexity index is 891. The number of nitrogens with zero attached hydrogens (tertiary/aromatic N) is 1. The molecule has 0 aromatic rings. The van der Waals surface area contributed by atoms with Crippen LogP contribution in [-0.2, 0) is 32.7 Å². The van der Waals surface area contributed by atoms with Gasteiger partial charge in [-0.1, -0.05) is 20.8 Å². The quantitative estimate of drug-likeness (QED) is 0.162. The highest BCUT2D eigenvalue weighted by atomic mass is 31.2. The van der Waals surface area contributed by atoms with Crippen molar-refractivity contribution in [3.63, 3.8) is 0 Å². The first-order valence-corrected chi connectivity index (χ1v) is 15.3. The monoisotopic (exact) mass is 596 g/mol. The summed E-state index contributed by atoms with van der Waals surface area (Å²) in [7, 11) is -4.31. The molecule has 40 heavy (non-hydrogen) atoms. The number of aliphatic hydroxyl groups is 3. The number of phosphoric ester groups is 1. The molecule has 2 saturated heterocycles. The van der Waals surface area contributed by atoms with Crippen LogP contribution in [0.5, 0.6) is 0 Å². The molecule has 1 unspecified atom stereocenters. The van der Waals surface area contributed by atoms with Crippen molar-refractivity contribution in [2.24, 2.45) is 5.41 Å². The maximum Gasteiger partial charge on any atom is 0.473 e. The molecule has 0 radical (unpaired) electrons. The molecule has 0 bridgehead atoms. The number of aliphatic hydroxyl groups excluding tert-OH is 3. The van der Waals surface area contributed by atoms with Gasteiger partial charge < -0.3 is 39.9 Å². The lowest BCUT2D eigenvalue weighted by Crippen LogP contribution is -2.64. The molecule has 234 valence electrons. The number of likely N-dealkylation sites (tertiary alicyclic amines) is 1. The lowest BCUT2D eigenvalue weighted by Gasteiger charge is -2.42. The summed E-state index contributed by atoms with van der Waals surface area (Å²) in [5.74, 6) is -0.546. The van der Waals surface area contributed by atoms with E-state index in [-0.39, 0.29) is 36.9 Å². The predicted octanol–water partition coefficient (Wildman–Crippen LogP) is 1.45. The van der Waals surface area contributed by atoms with Crippen molar-refractivity contribution in [3.05, 3.63) is 0 Å². The second-order valence-corrected chi connectivity index (χ2v) is 14.2. The van der Waals surface area contributed by atoms with Gasteiger partial charge in [-0.05, 0) is 51.9 Å². The number of unbranched alkanes of at least 4 members (excludes halogenated alkanes) is 1. The number of carbonyl (C=O) groups excluding carboxylic acids is 2. The van der Waals surface area contributed by atoms with E-state index in [0.29, 0.717) is 25.7 Å². The minimum Gasteiger partial charge on any atom is -0.394 e. The molecule has 2 aliphatic heterocycles. The zero-order valence-corrected chi connectivity index (χ0v) is 25.6. The Kier molecular flexibility index (Phi) is 12.6. The summed E-state index contributed by atoms with van der Waals surface area (Å²) in [5.41, 5.74) is -0.946. The molecule has 5 N–H and O–H groups in total. The van der Waals surface area contributed by atoms with Crippen molar-refractivity contribution in [1.29, 1.82) is 0 Å². The molecule has 2 rings (SSSR count). The van der Waals surface area contributed by atoms with Gasteiger partial charge in [0, 0.05) is 32.5 Å². The minimum absolute atomic E-state index is 0.0776. The number of rotatable bonds is 12. The van der Waals surface area contributed by atoms with Gasteiger partial charge >= 0.3 is 7.82 Å². The number of hydrogen-bond donors (Lipinski definition) is 5. The Labute approximate surface area is 237 Å². The molecule has 14 heteroatoms. The van der Waals surface area contributed by atoms with E-state index in [1.165, 1.54) is 6.92 Å². The van der Waals surface area contributed by atoms with E-state index in [1.54, 1.807) is 25.7 Å². The summed E-state index contributed by atoms with van der Waals surface area (Å²) in [6.45, 7) is 12.2. The smallest absolute Gasteiger partial charge is 0.394 e. The second kappa shape index (κ2) is 14.3. The number of nitrogens with one attached hydrogen (secondary N) is 1. The van der Waals surface area contributed by atoms with Crippen molar-refractivity contribution in [2.45, 2.75) is 129 Å². The van der Waals surface area contributed by atoms with Gasteiger partial charge in [0.1, 0.15) is 24.4 Å². The van der Waals surface area contributed by atoms with Gasteiger partial charge in [-0.3, -0.25) is 18.6 Å². The molecule has 2 fully saturated rings. The van der Waals surface area contributed by atoms with Crippen LogP contribution in [0, 0.1) is 5.41 Å². The van der Waals surface area contributed by atoms with Crippen LogP contribution >= 0.6 is 7.82 Å². The molecule has 0 aliphatic carbocycles. The summed E-state index contributed by atoms with van der Waals surface area (Å²) >= 11 is 0. The fraction of sp³-hybridized carbons (Fsp3) is 0.923.